The first-order valence-electron chi connectivity index (χ1n) is 2.80. The SMILES string of the molecule is COc1nnn(OC)c1C. The van der Waals surface area contributed by atoms with Crippen LogP contribution in [0.2, 0.25) is 0 Å². The molecule has 0 radical (unpaired) electrons. The standard InChI is InChI=1S/C5H9N3O2/c1-4-5(9-2)6-7-8(4)10-3/h1-3H3. The van der Waals surface area contributed by atoms with Crippen LogP contribution < -0.4 is 9.57 Å². The smallest absolute Gasteiger partial charge is 0.260 e. The molecule has 0 aliphatic rings. The summed E-state index contributed by atoms with van der Waals surface area (Å²) in [7, 11) is 3.05. The molecule has 0 N–H and O–H groups in total. The van der Waals surface area contributed by atoms with Crippen molar-refractivity contribution in [1.29, 1.82) is 0 Å². The first-order chi connectivity index (χ1) is 4.79. The van der Waals surface area contributed by atoms with E-state index in [9.17, 15) is 0 Å². The molecule has 0 aliphatic heterocycles. The first-order valence-corrected chi connectivity index (χ1v) is 2.80. The molecular weight excluding hydrogens is 134 g/mol. The van der Waals surface area contributed by atoms with E-state index in [0.717, 1.165) is 5.69 Å². The number of hydrogen-bond acceptors (Lipinski definition) is 4. The zero-order valence-electron chi connectivity index (χ0n) is 6.16. The van der Waals surface area contributed by atoms with E-state index in [-0.39, 0.29) is 0 Å². The lowest BCUT2D eigenvalue weighted by Crippen LogP contribution is -2.09. The van der Waals surface area contributed by atoms with Crippen molar-refractivity contribution in [3.05, 3.63) is 5.69 Å². The molecule has 0 saturated carbocycles. The first kappa shape index (κ1) is 6.85. The summed E-state index contributed by atoms with van der Waals surface area (Å²) in [5, 5.41) is 7.30. The quantitative estimate of drug-likeness (QED) is 0.568. The van der Waals surface area contributed by atoms with Gasteiger partial charge in [0.25, 0.3) is 5.88 Å². The average molecular weight is 143 g/mol. The molecule has 1 aromatic rings. The van der Waals surface area contributed by atoms with E-state index in [0.29, 0.717) is 5.88 Å². The van der Waals surface area contributed by atoms with Crippen LogP contribution in [0, 0.1) is 6.92 Å². The molecule has 0 aliphatic carbocycles. The Morgan fingerprint density at radius 2 is 2.10 bits per heavy atom. The summed E-state index contributed by atoms with van der Waals surface area (Å²) < 4.78 is 4.85. The van der Waals surface area contributed by atoms with E-state index < -0.39 is 0 Å². The monoisotopic (exact) mass is 143 g/mol. The average Bonchev–Trinajstić information content (AvgIpc) is 2.30. The van der Waals surface area contributed by atoms with Crippen LogP contribution in [0.3, 0.4) is 0 Å². The Bertz CT molecular complexity index is 199. The van der Waals surface area contributed by atoms with Gasteiger partial charge in [-0.15, -0.1) is 0 Å². The number of aromatic nitrogens is 3. The fourth-order valence-electron chi connectivity index (χ4n) is 0.664. The highest BCUT2D eigenvalue weighted by Gasteiger charge is 2.06. The van der Waals surface area contributed by atoms with Gasteiger partial charge in [-0.05, 0) is 12.1 Å². The predicted molar refractivity (Wildman–Crippen MR) is 33.8 cm³/mol. The Balaban J connectivity index is 2.97. The van der Waals surface area contributed by atoms with Gasteiger partial charge in [-0.3, -0.25) is 0 Å². The minimum atomic E-state index is 0.488. The van der Waals surface area contributed by atoms with Crippen molar-refractivity contribution in [3.8, 4) is 5.88 Å². The second kappa shape index (κ2) is 2.55. The van der Waals surface area contributed by atoms with Crippen molar-refractivity contribution in [1.82, 2.24) is 15.2 Å². The number of hydrogen-bond donors (Lipinski definition) is 0. The molecule has 10 heavy (non-hydrogen) atoms. The Morgan fingerprint density at radius 1 is 1.40 bits per heavy atom. The maximum Gasteiger partial charge on any atom is 0.260 e. The van der Waals surface area contributed by atoms with Crippen LogP contribution in [0.1, 0.15) is 5.69 Å². The van der Waals surface area contributed by atoms with Crippen molar-refractivity contribution in [2.75, 3.05) is 14.2 Å². The second-order valence-corrected chi connectivity index (χ2v) is 1.74. The van der Waals surface area contributed by atoms with Crippen molar-refractivity contribution >= 4 is 0 Å². The summed E-state index contributed by atoms with van der Waals surface area (Å²) in [5.41, 5.74) is 0.755. The molecule has 5 nitrogen and oxygen atoms in total. The van der Waals surface area contributed by atoms with Gasteiger partial charge in [-0.25, -0.2) is 0 Å². The molecule has 0 amide bonds. The lowest BCUT2D eigenvalue weighted by molar-refractivity contribution is 0.123. The number of methoxy groups -OCH3 is 1. The number of ether oxygens (including phenoxy) is 1. The van der Waals surface area contributed by atoms with Crippen LogP contribution in [0.15, 0.2) is 0 Å². The maximum atomic E-state index is 4.85. The molecule has 1 rings (SSSR count). The van der Waals surface area contributed by atoms with Crippen LogP contribution >= 0.6 is 0 Å². The lowest BCUT2D eigenvalue weighted by atomic mass is 10.5. The normalized spacial score (nSPS) is 9.50. The van der Waals surface area contributed by atoms with Crippen LogP contribution in [-0.2, 0) is 0 Å². The van der Waals surface area contributed by atoms with Gasteiger partial charge in [-0.2, -0.15) is 0 Å². The third kappa shape index (κ3) is 0.896. The Labute approximate surface area is 58.5 Å². The fraction of sp³-hybridized carbons (Fsp3) is 0.600. The molecule has 0 fully saturated rings. The van der Waals surface area contributed by atoms with Gasteiger partial charge in [0.15, 0.2) is 0 Å². The summed E-state index contributed by atoms with van der Waals surface area (Å²) >= 11 is 0. The molecule has 5 heteroatoms. The minimum absolute atomic E-state index is 0.488. The fourth-order valence-corrected chi connectivity index (χ4v) is 0.664. The molecule has 1 aromatic heterocycles. The number of nitrogens with zero attached hydrogens (tertiary/aromatic N) is 3. The van der Waals surface area contributed by atoms with Gasteiger partial charge < -0.3 is 9.57 Å². The summed E-state index contributed by atoms with van der Waals surface area (Å²) in [6.07, 6.45) is 0. The molecule has 56 valence electrons. The topological polar surface area (TPSA) is 49.2 Å². The van der Waals surface area contributed by atoms with Gasteiger partial charge in [0, 0.05) is 0 Å². The summed E-state index contributed by atoms with van der Waals surface area (Å²) in [6, 6.07) is 0. The highest BCUT2D eigenvalue weighted by Crippen LogP contribution is 2.09. The molecular formula is C5H9N3O2. The van der Waals surface area contributed by atoms with E-state index in [1.807, 2.05) is 6.92 Å². The number of rotatable bonds is 2. The van der Waals surface area contributed by atoms with Gasteiger partial charge in [0.2, 0.25) is 0 Å². The largest absolute Gasteiger partial charge is 0.479 e. The van der Waals surface area contributed by atoms with Crippen LogP contribution in [-0.4, -0.2) is 29.4 Å². The molecule has 0 saturated heterocycles. The predicted octanol–water partition coefficient (Wildman–Crippen LogP) is -0.346. The molecule has 0 bridgehead atoms. The summed E-state index contributed by atoms with van der Waals surface area (Å²) in [5.74, 6) is 0.488. The Kier molecular flexibility index (Phi) is 1.75. The van der Waals surface area contributed by atoms with Crippen LogP contribution in [0.4, 0.5) is 0 Å². The molecule has 1 heterocycles. The maximum absolute atomic E-state index is 4.85. The zero-order valence-corrected chi connectivity index (χ0v) is 6.16. The minimum Gasteiger partial charge on any atom is -0.479 e. The van der Waals surface area contributed by atoms with Crippen molar-refractivity contribution in [2.45, 2.75) is 6.92 Å². The van der Waals surface area contributed by atoms with E-state index in [1.165, 1.54) is 19.1 Å². The molecule has 0 aromatic carbocycles. The van der Waals surface area contributed by atoms with Crippen LogP contribution in [0.5, 0.6) is 5.88 Å². The zero-order chi connectivity index (χ0) is 7.56. The van der Waals surface area contributed by atoms with E-state index in [4.69, 9.17) is 9.57 Å². The molecule has 0 unspecified atom stereocenters. The van der Waals surface area contributed by atoms with E-state index in [2.05, 4.69) is 10.3 Å². The summed E-state index contributed by atoms with van der Waals surface area (Å²) in [6.45, 7) is 1.81. The van der Waals surface area contributed by atoms with Crippen molar-refractivity contribution in [3.63, 3.8) is 0 Å². The van der Waals surface area contributed by atoms with Crippen LogP contribution in [0.25, 0.3) is 0 Å². The molecule has 0 spiro atoms. The third-order valence-corrected chi connectivity index (χ3v) is 1.18. The van der Waals surface area contributed by atoms with Gasteiger partial charge >= 0.3 is 0 Å². The van der Waals surface area contributed by atoms with E-state index in [1.54, 1.807) is 0 Å². The third-order valence-electron chi connectivity index (χ3n) is 1.18. The van der Waals surface area contributed by atoms with Gasteiger partial charge in [-0.1, -0.05) is 9.94 Å². The Morgan fingerprint density at radius 3 is 2.40 bits per heavy atom. The lowest BCUT2D eigenvalue weighted by Gasteiger charge is -1.97. The van der Waals surface area contributed by atoms with Crippen molar-refractivity contribution in [2.24, 2.45) is 0 Å². The van der Waals surface area contributed by atoms with Gasteiger partial charge in [0.1, 0.15) is 12.8 Å². The van der Waals surface area contributed by atoms with E-state index >= 15 is 0 Å². The highest BCUT2D eigenvalue weighted by atomic mass is 16.7. The Hall–Kier alpha value is -1.26. The van der Waals surface area contributed by atoms with Gasteiger partial charge in [0.05, 0.1) is 7.11 Å². The molecule has 0 atom stereocenters. The second-order valence-electron chi connectivity index (χ2n) is 1.74. The highest BCUT2D eigenvalue weighted by molar-refractivity contribution is 5.13. The van der Waals surface area contributed by atoms with Crippen molar-refractivity contribution < 1.29 is 9.57 Å². The summed E-state index contributed by atoms with van der Waals surface area (Å²) in [4.78, 5) is 6.08.